The van der Waals surface area contributed by atoms with E-state index in [1.54, 1.807) is 0 Å². The van der Waals surface area contributed by atoms with Gasteiger partial charge in [-0.15, -0.1) is 0 Å². The normalized spacial score (nSPS) is 21.6. The Balaban J connectivity index is 1.64. The minimum Gasteiger partial charge on any atom is -0.335 e. The number of aryl methyl sites for hydroxylation is 1. The fourth-order valence-electron chi connectivity index (χ4n) is 3.22. The summed E-state index contributed by atoms with van der Waals surface area (Å²) in [5.41, 5.74) is 3.06. The molecule has 0 aromatic heterocycles. The van der Waals surface area contributed by atoms with Crippen molar-refractivity contribution in [2.45, 2.75) is 45.4 Å². The standard InChI is InChI=1S/C17H24N2S/c1-2-14-7-6-8-15(11-14)19-16-18-12-17(13-20-16)9-4-3-5-10-17/h6-8,11H,2-5,9-10,12-13H2,1H3,(H,18,19). The molecule has 0 saturated heterocycles. The molecule has 1 fully saturated rings. The van der Waals surface area contributed by atoms with E-state index < -0.39 is 0 Å². The third-order valence-electron chi connectivity index (χ3n) is 4.57. The Hall–Kier alpha value is -0.960. The number of hydrogen-bond donors (Lipinski definition) is 1. The Morgan fingerprint density at radius 2 is 2.10 bits per heavy atom. The van der Waals surface area contributed by atoms with E-state index in [1.165, 1.54) is 49.1 Å². The predicted molar refractivity (Wildman–Crippen MR) is 89.7 cm³/mol. The van der Waals surface area contributed by atoms with Gasteiger partial charge in [0.25, 0.3) is 0 Å². The zero-order valence-electron chi connectivity index (χ0n) is 12.3. The molecule has 0 bridgehead atoms. The fourth-order valence-corrected chi connectivity index (χ4v) is 4.39. The minimum atomic E-state index is 0.513. The van der Waals surface area contributed by atoms with Crippen LogP contribution in [0.15, 0.2) is 29.3 Å². The Morgan fingerprint density at radius 3 is 2.80 bits per heavy atom. The van der Waals surface area contributed by atoms with Gasteiger partial charge in [-0.05, 0) is 42.4 Å². The van der Waals surface area contributed by atoms with E-state index >= 15 is 0 Å². The van der Waals surface area contributed by atoms with Crippen molar-refractivity contribution in [3.8, 4) is 0 Å². The highest BCUT2D eigenvalue weighted by atomic mass is 32.2. The van der Waals surface area contributed by atoms with Gasteiger partial charge in [-0.2, -0.15) is 0 Å². The summed E-state index contributed by atoms with van der Waals surface area (Å²) in [6.07, 6.45) is 8.06. The molecule has 1 aromatic rings. The topological polar surface area (TPSA) is 24.4 Å². The van der Waals surface area contributed by atoms with Crippen LogP contribution in [0.2, 0.25) is 0 Å². The molecule has 108 valence electrons. The highest BCUT2D eigenvalue weighted by molar-refractivity contribution is 8.14. The molecular weight excluding hydrogens is 264 g/mol. The molecule has 0 unspecified atom stereocenters. The second-order valence-electron chi connectivity index (χ2n) is 6.15. The number of nitrogens with one attached hydrogen (secondary N) is 1. The monoisotopic (exact) mass is 288 g/mol. The first-order chi connectivity index (χ1) is 9.80. The van der Waals surface area contributed by atoms with Crippen LogP contribution in [-0.2, 0) is 6.42 Å². The molecule has 1 saturated carbocycles. The molecule has 3 heteroatoms. The van der Waals surface area contributed by atoms with Crippen LogP contribution >= 0.6 is 11.8 Å². The third kappa shape index (κ3) is 3.20. The third-order valence-corrected chi connectivity index (χ3v) is 5.84. The van der Waals surface area contributed by atoms with Crippen molar-refractivity contribution in [2.24, 2.45) is 10.4 Å². The Bertz CT molecular complexity index is 490. The summed E-state index contributed by atoms with van der Waals surface area (Å²) >= 11 is 1.92. The van der Waals surface area contributed by atoms with Gasteiger partial charge in [0.05, 0.1) is 0 Å². The summed E-state index contributed by atoms with van der Waals surface area (Å²) in [5.74, 6) is 1.24. The van der Waals surface area contributed by atoms with E-state index in [-0.39, 0.29) is 0 Å². The molecule has 2 nitrogen and oxygen atoms in total. The van der Waals surface area contributed by atoms with Gasteiger partial charge in [0.1, 0.15) is 0 Å². The zero-order valence-corrected chi connectivity index (χ0v) is 13.1. The van der Waals surface area contributed by atoms with Crippen molar-refractivity contribution in [3.05, 3.63) is 29.8 Å². The van der Waals surface area contributed by atoms with Crippen LogP contribution in [-0.4, -0.2) is 17.5 Å². The molecule has 1 aromatic carbocycles. The first kappa shape index (κ1) is 14.0. The molecule has 0 atom stereocenters. The molecule has 20 heavy (non-hydrogen) atoms. The molecule has 1 spiro atoms. The summed E-state index contributed by atoms with van der Waals surface area (Å²) in [7, 11) is 0. The Labute approximate surface area is 126 Å². The van der Waals surface area contributed by atoms with Crippen LogP contribution < -0.4 is 5.32 Å². The first-order valence-corrected chi connectivity index (χ1v) is 8.81. The average molecular weight is 288 g/mol. The number of thioether (sulfide) groups is 1. The molecule has 1 N–H and O–H groups in total. The summed E-state index contributed by atoms with van der Waals surface area (Å²) in [5, 5.41) is 4.60. The summed E-state index contributed by atoms with van der Waals surface area (Å²) in [6, 6.07) is 8.66. The van der Waals surface area contributed by atoms with Gasteiger partial charge in [0.2, 0.25) is 0 Å². The van der Waals surface area contributed by atoms with Crippen LogP contribution in [0, 0.1) is 5.41 Å². The van der Waals surface area contributed by atoms with Crippen LogP contribution in [0.3, 0.4) is 0 Å². The van der Waals surface area contributed by atoms with Crippen molar-refractivity contribution in [1.29, 1.82) is 0 Å². The number of rotatable bonds is 2. The minimum absolute atomic E-state index is 0.513. The molecule has 0 radical (unpaired) electrons. The van der Waals surface area contributed by atoms with Crippen molar-refractivity contribution in [2.75, 3.05) is 17.6 Å². The Kier molecular flexibility index (Phi) is 4.35. The highest BCUT2D eigenvalue weighted by Gasteiger charge is 2.34. The maximum atomic E-state index is 4.83. The second kappa shape index (κ2) is 6.21. The maximum absolute atomic E-state index is 4.83. The van der Waals surface area contributed by atoms with E-state index in [2.05, 4.69) is 36.5 Å². The van der Waals surface area contributed by atoms with Crippen molar-refractivity contribution < 1.29 is 0 Å². The number of amidine groups is 1. The van der Waals surface area contributed by atoms with Gasteiger partial charge in [-0.1, -0.05) is 50.1 Å². The smallest absolute Gasteiger partial charge is 0.161 e. The van der Waals surface area contributed by atoms with Gasteiger partial charge >= 0.3 is 0 Å². The SMILES string of the molecule is CCc1cccc(NC2=NCC3(CCCCC3)CS2)c1. The van der Waals surface area contributed by atoms with Gasteiger partial charge in [0.15, 0.2) is 5.17 Å². The van der Waals surface area contributed by atoms with E-state index in [1.807, 2.05) is 11.8 Å². The lowest BCUT2D eigenvalue weighted by molar-refractivity contribution is 0.232. The van der Waals surface area contributed by atoms with Gasteiger partial charge < -0.3 is 5.32 Å². The van der Waals surface area contributed by atoms with Crippen LogP contribution in [0.4, 0.5) is 5.69 Å². The van der Waals surface area contributed by atoms with Gasteiger partial charge in [-0.3, -0.25) is 4.99 Å². The van der Waals surface area contributed by atoms with E-state index in [0.29, 0.717) is 5.41 Å². The van der Waals surface area contributed by atoms with Gasteiger partial charge in [-0.25, -0.2) is 0 Å². The van der Waals surface area contributed by atoms with Crippen molar-refractivity contribution in [1.82, 2.24) is 0 Å². The van der Waals surface area contributed by atoms with Crippen LogP contribution in [0.5, 0.6) is 0 Å². The summed E-state index contributed by atoms with van der Waals surface area (Å²) in [4.78, 5) is 4.83. The van der Waals surface area contributed by atoms with Crippen molar-refractivity contribution in [3.63, 3.8) is 0 Å². The van der Waals surface area contributed by atoms with Crippen LogP contribution in [0.25, 0.3) is 0 Å². The number of hydrogen-bond acceptors (Lipinski definition) is 3. The second-order valence-corrected chi connectivity index (χ2v) is 7.11. The number of nitrogens with zero attached hydrogens (tertiary/aromatic N) is 1. The lowest BCUT2D eigenvalue weighted by Gasteiger charge is -2.38. The maximum Gasteiger partial charge on any atom is 0.161 e. The number of benzene rings is 1. The largest absolute Gasteiger partial charge is 0.335 e. The predicted octanol–water partition coefficient (Wildman–Crippen LogP) is 4.71. The number of aliphatic imine (C=N–C) groups is 1. The molecule has 2 aliphatic rings. The summed E-state index contributed by atoms with van der Waals surface area (Å²) < 4.78 is 0. The van der Waals surface area contributed by atoms with E-state index in [0.717, 1.165) is 18.1 Å². The molecule has 1 aliphatic heterocycles. The van der Waals surface area contributed by atoms with E-state index in [4.69, 9.17) is 4.99 Å². The molecular formula is C17H24N2S. The molecule has 0 amide bonds. The summed E-state index contributed by atoms with van der Waals surface area (Å²) in [6.45, 7) is 3.22. The van der Waals surface area contributed by atoms with Gasteiger partial charge in [0, 0.05) is 18.0 Å². The number of anilines is 1. The fraction of sp³-hybridized carbons (Fsp3) is 0.588. The highest BCUT2D eigenvalue weighted by Crippen LogP contribution is 2.41. The molecule has 3 rings (SSSR count). The lowest BCUT2D eigenvalue weighted by Crippen LogP contribution is -2.35. The van der Waals surface area contributed by atoms with Crippen LogP contribution in [0.1, 0.15) is 44.6 Å². The Morgan fingerprint density at radius 1 is 1.25 bits per heavy atom. The zero-order chi connectivity index (χ0) is 13.8. The first-order valence-electron chi connectivity index (χ1n) is 7.83. The quantitative estimate of drug-likeness (QED) is 0.852. The average Bonchev–Trinajstić information content (AvgIpc) is 2.51. The van der Waals surface area contributed by atoms with E-state index in [9.17, 15) is 0 Å². The lowest BCUT2D eigenvalue weighted by atomic mass is 9.75. The molecule has 1 heterocycles. The molecule has 1 aliphatic carbocycles. The van der Waals surface area contributed by atoms with Crippen molar-refractivity contribution >= 4 is 22.6 Å².